The van der Waals surface area contributed by atoms with E-state index >= 15 is 0 Å². The van der Waals surface area contributed by atoms with Crippen LogP contribution in [0.25, 0.3) is 16.6 Å². The third-order valence-electron chi connectivity index (χ3n) is 5.62. The third kappa shape index (κ3) is 3.47. The van der Waals surface area contributed by atoms with E-state index in [0.29, 0.717) is 42.1 Å². The molecule has 0 fully saturated rings. The van der Waals surface area contributed by atoms with Crippen molar-refractivity contribution in [3.8, 4) is 5.75 Å². The first-order chi connectivity index (χ1) is 14.9. The Bertz CT molecular complexity index is 1270. The number of para-hydroxylation sites is 1. The van der Waals surface area contributed by atoms with Gasteiger partial charge in [-0.2, -0.15) is 4.52 Å². The Balaban J connectivity index is 1.41. The number of anilines is 1. The minimum absolute atomic E-state index is 0.0909. The highest BCUT2D eigenvalue weighted by Gasteiger charge is 2.27. The van der Waals surface area contributed by atoms with Gasteiger partial charge in [-0.3, -0.25) is 4.90 Å². The molecule has 1 atom stereocenters. The van der Waals surface area contributed by atoms with Crippen LogP contribution in [-0.4, -0.2) is 49.2 Å². The molecule has 0 saturated heterocycles. The number of nitrogen functional groups attached to an aromatic ring is 1. The van der Waals surface area contributed by atoms with E-state index in [1.807, 2.05) is 18.2 Å². The van der Waals surface area contributed by atoms with E-state index in [2.05, 4.69) is 26.9 Å². The molecule has 1 aliphatic heterocycles. The first-order valence-electron chi connectivity index (χ1n) is 9.93. The first-order valence-corrected chi connectivity index (χ1v) is 10.7. The summed E-state index contributed by atoms with van der Waals surface area (Å²) >= 11 is 1.11. The van der Waals surface area contributed by atoms with Gasteiger partial charge in [0.05, 0.1) is 12.8 Å². The molecule has 8 nitrogen and oxygen atoms in total. The molecule has 31 heavy (non-hydrogen) atoms. The average Bonchev–Trinajstić information content (AvgIpc) is 3.37. The molecule has 2 N–H and O–H groups in total. The minimum atomic E-state index is -2.52. The van der Waals surface area contributed by atoms with Gasteiger partial charge in [0.2, 0.25) is 5.95 Å². The van der Waals surface area contributed by atoms with Crippen LogP contribution in [0.1, 0.15) is 34.8 Å². The Morgan fingerprint density at radius 2 is 2.10 bits per heavy atom. The Morgan fingerprint density at radius 3 is 2.87 bits per heavy atom. The van der Waals surface area contributed by atoms with Crippen LogP contribution in [0.2, 0.25) is 0 Å². The Labute approximate surface area is 180 Å². The van der Waals surface area contributed by atoms with Gasteiger partial charge in [-0.15, -0.1) is 16.4 Å². The Hall–Kier alpha value is -2.92. The number of halogens is 2. The minimum Gasteiger partial charge on any atom is -0.494 e. The molecule has 5 rings (SSSR count). The molecular formula is C20H21F2N7OS. The van der Waals surface area contributed by atoms with Crippen LogP contribution >= 0.6 is 11.3 Å². The highest BCUT2D eigenvalue weighted by Crippen LogP contribution is 2.32. The van der Waals surface area contributed by atoms with Crippen molar-refractivity contribution >= 4 is 33.8 Å². The molecule has 0 saturated carbocycles. The van der Waals surface area contributed by atoms with E-state index in [1.54, 1.807) is 11.6 Å². The fraction of sp³-hybridized carbons (Fsp3) is 0.400. The second-order valence-electron chi connectivity index (χ2n) is 7.59. The van der Waals surface area contributed by atoms with Crippen molar-refractivity contribution in [1.82, 2.24) is 29.5 Å². The summed E-state index contributed by atoms with van der Waals surface area (Å²) in [6, 6.07) is 5.74. The quantitative estimate of drug-likeness (QED) is 0.504. The number of ether oxygens (including phenoxy) is 1. The van der Waals surface area contributed by atoms with Crippen molar-refractivity contribution in [2.75, 3.05) is 19.4 Å². The zero-order chi connectivity index (χ0) is 21.7. The predicted octanol–water partition coefficient (Wildman–Crippen LogP) is 3.25. The van der Waals surface area contributed by atoms with E-state index in [-0.39, 0.29) is 17.0 Å². The number of benzene rings is 1. The summed E-state index contributed by atoms with van der Waals surface area (Å²) in [5.41, 5.74) is 8.21. The van der Waals surface area contributed by atoms with Gasteiger partial charge in [-0.25, -0.2) is 23.7 Å². The van der Waals surface area contributed by atoms with Crippen molar-refractivity contribution in [3.63, 3.8) is 0 Å². The number of aromatic nitrogens is 5. The third-order valence-corrected chi connectivity index (χ3v) is 6.71. The van der Waals surface area contributed by atoms with Gasteiger partial charge >= 0.3 is 0 Å². The van der Waals surface area contributed by atoms with Crippen LogP contribution in [0.4, 0.5) is 14.7 Å². The molecule has 0 radical (unpaired) electrons. The maximum absolute atomic E-state index is 13.0. The van der Waals surface area contributed by atoms with E-state index in [0.717, 1.165) is 33.8 Å². The van der Waals surface area contributed by atoms with Crippen LogP contribution in [0.5, 0.6) is 5.75 Å². The Kier molecular flexibility index (Phi) is 4.94. The standard InChI is InChI=1S/C20H21F2N7OS/c1-10(28-7-6-12-14(9-28)31-19(24-12)17(21)22)8-15-25-18-11-4-3-5-13(30-2)16(11)26-20(23)29(18)27-15/h3-5,10,17H,6-9H2,1-2H3,(H2,23,26). The summed E-state index contributed by atoms with van der Waals surface area (Å²) in [6.07, 6.45) is -1.25. The highest BCUT2D eigenvalue weighted by atomic mass is 32.1. The van der Waals surface area contributed by atoms with Gasteiger partial charge in [0.25, 0.3) is 6.43 Å². The molecule has 1 aliphatic rings. The molecule has 3 aromatic heterocycles. The first kappa shape index (κ1) is 20.0. The van der Waals surface area contributed by atoms with E-state index < -0.39 is 6.43 Å². The molecule has 0 aliphatic carbocycles. The molecule has 4 heterocycles. The van der Waals surface area contributed by atoms with Crippen molar-refractivity contribution in [1.29, 1.82) is 0 Å². The Morgan fingerprint density at radius 1 is 1.26 bits per heavy atom. The van der Waals surface area contributed by atoms with Crippen LogP contribution in [-0.2, 0) is 19.4 Å². The fourth-order valence-corrected chi connectivity index (χ4v) is 5.01. The van der Waals surface area contributed by atoms with E-state index in [4.69, 9.17) is 15.5 Å². The number of nitrogens with zero attached hydrogens (tertiary/aromatic N) is 6. The maximum Gasteiger partial charge on any atom is 0.289 e. The maximum atomic E-state index is 13.0. The van der Waals surface area contributed by atoms with Gasteiger partial charge in [-0.05, 0) is 19.1 Å². The van der Waals surface area contributed by atoms with Crippen LogP contribution in [0.3, 0.4) is 0 Å². The lowest BCUT2D eigenvalue weighted by molar-refractivity contribution is 0.150. The molecule has 0 spiro atoms. The van der Waals surface area contributed by atoms with Gasteiger partial charge in [-0.1, -0.05) is 6.07 Å². The van der Waals surface area contributed by atoms with Crippen molar-refractivity contribution in [2.24, 2.45) is 0 Å². The SMILES string of the molecule is COc1cccc2c1nc(N)n1nc(CC(C)N3CCc4nc(C(F)F)sc4C3)nc21. The number of alkyl halides is 2. The summed E-state index contributed by atoms with van der Waals surface area (Å²) in [7, 11) is 1.59. The summed E-state index contributed by atoms with van der Waals surface area (Å²) in [4.78, 5) is 16.4. The summed E-state index contributed by atoms with van der Waals surface area (Å²) in [5, 5.41) is 5.29. The highest BCUT2D eigenvalue weighted by molar-refractivity contribution is 7.11. The zero-order valence-electron chi connectivity index (χ0n) is 17.0. The number of hydrogen-bond acceptors (Lipinski definition) is 8. The van der Waals surface area contributed by atoms with Crippen LogP contribution < -0.4 is 10.5 Å². The lowest BCUT2D eigenvalue weighted by Crippen LogP contribution is -2.38. The average molecular weight is 445 g/mol. The van der Waals surface area contributed by atoms with E-state index in [1.165, 1.54) is 0 Å². The molecule has 1 unspecified atom stereocenters. The topological polar surface area (TPSA) is 94.5 Å². The van der Waals surface area contributed by atoms with Crippen molar-refractivity contribution in [3.05, 3.63) is 39.6 Å². The fourth-order valence-electron chi connectivity index (χ4n) is 4.02. The van der Waals surface area contributed by atoms with Crippen LogP contribution in [0.15, 0.2) is 18.2 Å². The van der Waals surface area contributed by atoms with Crippen molar-refractivity contribution < 1.29 is 13.5 Å². The summed E-state index contributed by atoms with van der Waals surface area (Å²) in [5.74, 6) is 1.52. The van der Waals surface area contributed by atoms with Gasteiger partial charge < -0.3 is 10.5 Å². The monoisotopic (exact) mass is 445 g/mol. The largest absolute Gasteiger partial charge is 0.494 e. The zero-order valence-corrected chi connectivity index (χ0v) is 17.9. The summed E-state index contributed by atoms with van der Waals surface area (Å²) < 4.78 is 32.9. The molecule has 162 valence electrons. The molecule has 11 heteroatoms. The molecule has 0 bridgehead atoms. The number of hydrogen-bond donors (Lipinski definition) is 1. The number of thiazole rings is 1. The number of methoxy groups -OCH3 is 1. The van der Waals surface area contributed by atoms with Crippen molar-refractivity contribution in [2.45, 2.75) is 38.8 Å². The smallest absolute Gasteiger partial charge is 0.289 e. The number of nitrogens with two attached hydrogens (primary N) is 1. The molecule has 4 aromatic rings. The second kappa shape index (κ2) is 7.65. The second-order valence-corrected chi connectivity index (χ2v) is 8.70. The number of fused-ring (bicyclic) bond motifs is 4. The van der Waals surface area contributed by atoms with Gasteiger partial charge in [0.15, 0.2) is 16.5 Å². The predicted molar refractivity (Wildman–Crippen MR) is 114 cm³/mol. The van der Waals surface area contributed by atoms with E-state index in [9.17, 15) is 8.78 Å². The molecule has 0 amide bonds. The lowest BCUT2D eigenvalue weighted by Gasteiger charge is -2.31. The molecular weight excluding hydrogens is 424 g/mol. The number of rotatable bonds is 5. The van der Waals surface area contributed by atoms with Gasteiger partial charge in [0, 0.05) is 42.2 Å². The normalized spacial score (nSPS) is 15.6. The van der Waals surface area contributed by atoms with Gasteiger partial charge in [0.1, 0.15) is 11.3 Å². The summed E-state index contributed by atoms with van der Waals surface area (Å²) in [6.45, 7) is 3.46. The molecule has 1 aromatic carbocycles. The van der Waals surface area contributed by atoms with Crippen LogP contribution in [0, 0.1) is 0 Å². The lowest BCUT2D eigenvalue weighted by atomic mass is 10.1.